The van der Waals surface area contributed by atoms with Crippen LogP contribution in [0, 0.1) is 10.1 Å². The number of rotatable bonds is 5. The molecule has 0 fully saturated rings. The summed E-state index contributed by atoms with van der Waals surface area (Å²) < 4.78 is 51.7. The second-order valence-corrected chi connectivity index (χ2v) is 8.59. The molecule has 8 nitrogen and oxygen atoms in total. The van der Waals surface area contributed by atoms with Crippen molar-refractivity contribution in [1.29, 1.82) is 0 Å². The Morgan fingerprint density at radius 2 is 1.81 bits per heavy atom. The van der Waals surface area contributed by atoms with Crippen LogP contribution in [-0.4, -0.2) is 21.4 Å². The number of methoxy groups -OCH3 is 1. The number of nitro groups is 1. The Hall–Kier alpha value is -4.45. The van der Waals surface area contributed by atoms with Gasteiger partial charge in [0, 0.05) is 6.07 Å². The number of nitrogens with zero attached hydrogens (tertiary/aromatic N) is 3. The van der Waals surface area contributed by atoms with E-state index in [2.05, 4.69) is 4.98 Å². The van der Waals surface area contributed by atoms with Crippen molar-refractivity contribution in [2.75, 3.05) is 7.11 Å². The van der Waals surface area contributed by atoms with Crippen molar-refractivity contribution in [2.24, 2.45) is 0 Å². The number of halogens is 3. The number of ether oxygens (including phenoxy) is 2. The van der Waals surface area contributed by atoms with Gasteiger partial charge in [-0.3, -0.25) is 14.9 Å². The average molecular weight is 513 g/mol. The molecule has 0 aliphatic carbocycles. The minimum Gasteiger partial charge on any atom is -0.493 e. The molecule has 5 aromatic rings. The van der Waals surface area contributed by atoms with Crippen molar-refractivity contribution in [3.8, 4) is 17.2 Å². The Morgan fingerprint density at radius 3 is 2.53 bits per heavy atom. The summed E-state index contributed by atoms with van der Waals surface area (Å²) in [5, 5.41) is 11.4. The number of hydrogen-bond acceptors (Lipinski definition) is 7. The molecule has 5 rings (SSSR count). The van der Waals surface area contributed by atoms with Crippen LogP contribution in [0.15, 0.2) is 65.5 Å². The normalized spacial score (nSPS) is 12.4. The van der Waals surface area contributed by atoms with E-state index in [9.17, 15) is 28.1 Å². The van der Waals surface area contributed by atoms with Crippen molar-refractivity contribution in [3.05, 3.63) is 96.8 Å². The first-order chi connectivity index (χ1) is 17.2. The number of fused-ring (bicyclic) bond motifs is 3. The van der Waals surface area contributed by atoms with Gasteiger partial charge in [0.15, 0.2) is 16.5 Å². The topological polar surface area (TPSA) is 96.0 Å². The highest BCUT2D eigenvalue weighted by atomic mass is 32.1. The van der Waals surface area contributed by atoms with Crippen LogP contribution >= 0.6 is 11.3 Å². The second-order valence-electron chi connectivity index (χ2n) is 7.58. The van der Waals surface area contributed by atoms with Gasteiger partial charge in [0.1, 0.15) is 0 Å². The maximum absolute atomic E-state index is 13.0. The summed E-state index contributed by atoms with van der Waals surface area (Å²) in [5.41, 5.74) is -0.245. The fourth-order valence-corrected chi connectivity index (χ4v) is 4.65. The summed E-state index contributed by atoms with van der Waals surface area (Å²) in [6.45, 7) is 0. The Morgan fingerprint density at radius 1 is 1.06 bits per heavy atom. The van der Waals surface area contributed by atoms with Gasteiger partial charge < -0.3 is 9.47 Å². The van der Waals surface area contributed by atoms with E-state index in [1.807, 2.05) is 24.3 Å². The lowest BCUT2D eigenvalue weighted by Gasteiger charge is -2.12. The van der Waals surface area contributed by atoms with E-state index in [0.29, 0.717) is 38.2 Å². The molecule has 0 N–H and O–H groups in total. The Kier molecular flexibility index (Phi) is 5.59. The predicted molar refractivity (Wildman–Crippen MR) is 127 cm³/mol. The quantitative estimate of drug-likeness (QED) is 0.237. The lowest BCUT2D eigenvalue weighted by molar-refractivity contribution is -0.385. The number of benzene rings is 3. The summed E-state index contributed by atoms with van der Waals surface area (Å²) in [5.74, 6) is -0.166. The van der Waals surface area contributed by atoms with Crippen molar-refractivity contribution >= 4 is 39.1 Å². The fourth-order valence-electron chi connectivity index (χ4n) is 3.66. The third-order valence-corrected chi connectivity index (χ3v) is 6.30. The number of aromatic nitrogens is 2. The second kappa shape index (κ2) is 8.64. The number of thiazole rings is 1. The van der Waals surface area contributed by atoms with Crippen LogP contribution in [0.3, 0.4) is 0 Å². The molecule has 0 saturated carbocycles. The average Bonchev–Trinajstić information content (AvgIpc) is 3.35. The molecule has 12 heteroatoms. The molecule has 2 aromatic heterocycles. The van der Waals surface area contributed by atoms with Crippen LogP contribution in [0.5, 0.6) is 17.2 Å². The van der Waals surface area contributed by atoms with Crippen LogP contribution in [0.4, 0.5) is 18.9 Å². The molecule has 2 heterocycles. The maximum atomic E-state index is 13.0. The van der Waals surface area contributed by atoms with Gasteiger partial charge in [-0.25, -0.2) is 9.38 Å². The van der Waals surface area contributed by atoms with Gasteiger partial charge in [-0.15, -0.1) is 0 Å². The molecule has 3 aromatic carbocycles. The first-order valence-corrected chi connectivity index (χ1v) is 11.1. The van der Waals surface area contributed by atoms with E-state index in [-0.39, 0.29) is 22.8 Å². The largest absolute Gasteiger partial charge is 0.493 e. The fraction of sp³-hybridized carbons (Fsp3) is 0.0833. The van der Waals surface area contributed by atoms with Crippen LogP contribution in [-0.2, 0) is 6.18 Å². The van der Waals surface area contributed by atoms with Crippen molar-refractivity contribution in [2.45, 2.75) is 6.18 Å². The molecule has 0 unspecified atom stereocenters. The Balaban J connectivity index is 1.52. The van der Waals surface area contributed by atoms with Gasteiger partial charge in [-0.2, -0.15) is 13.2 Å². The molecule has 0 radical (unpaired) electrons. The van der Waals surface area contributed by atoms with E-state index in [4.69, 9.17) is 9.47 Å². The van der Waals surface area contributed by atoms with Gasteiger partial charge >= 0.3 is 11.9 Å². The van der Waals surface area contributed by atoms with Crippen LogP contribution in [0.1, 0.15) is 11.1 Å². The molecule has 36 heavy (non-hydrogen) atoms. The van der Waals surface area contributed by atoms with E-state index in [1.165, 1.54) is 28.9 Å². The van der Waals surface area contributed by atoms with Gasteiger partial charge in [0.05, 0.1) is 33.2 Å². The summed E-state index contributed by atoms with van der Waals surface area (Å²) in [6, 6.07) is 13.9. The van der Waals surface area contributed by atoms with E-state index < -0.39 is 22.4 Å². The monoisotopic (exact) mass is 513 g/mol. The smallest absolute Gasteiger partial charge is 0.416 e. The number of alkyl halides is 3. The lowest BCUT2D eigenvalue weighted by atomic mass is 10.1. The molecule has 182 valence electrons. The molecule has 0 spiro atoms. The van der Waals surface area contributed by atoms with E-state index >= 15 is 0 Å². The molecule has 0 aliphatic rings. The Bertz CT molecular complexity index is 1760. The molecule has 0 atom stereocenters. The highest BCUT2D eigenvalue weighted by Gasteiger charge is 2.33. The zero-order valence-corrected chi connectivity index (χ0v) is 19.1. The SMILES string of the molecule is COc1cc(/C=c2\sc3nc4ccccc4n3c2=O)ccc1Oc1ccc(C(F)(F)F)cc1[N+](=O)[O-]. The third-order valence-electron chi connectivity index (χ3n) is 5.33. The third kappa shape index (κ3) is 4.11. The van der Waals surface area contributed by atoms with Gasteiger partial charge in [-0.1, -0.05) is 29.5 Å². The first kappa shape index (κ1) is 23.3. The van der Waals surface area contributed by atoms with Gasteiger partial charge in [0.2, 0.25) is 5.75 Å². The number of nitro benzene ring substituents is 1. The highest BCUT2D eigenvalue weighted by Crippen LogP contribution is 2.40. The molecule has 0 aliphatic heterocycles. The Labute approximate surface area is 203 Å². The summed E-state index contributed by atoms with van der Waals surface area (Å²) in [4.78, 5) is 28.4. The molecule has 0 saturated heterocycles. The van der Waals surface area contributed by atoms with Gasteiger partial charge in [0.25, 0.3) is 5.56 Å². The first-order valence-electron chi connectivity index (χ1n) is 10.3. The van der Waals surface area contributed by atoms with Crippen molar-refractivity contribution in [3.63, 3.8) is 0 Å². The number of para-hydroxylation sites is 2. The lowest BCUT2D eigenvalue weighted by Crippen LogP contribution is -2.22. The number of imidazole rings is 1. The minimum absolute atomic E-state index is 0.0480. The van der Waals surface area contributed by atoms with E-state index in [0.717, 1.165) is 6.07 Å². The maximum Gasteiger partial charge on any atom is 0.416 e. The van der Waals surface area contributed by atoms with E-state index in [1.54, 1.807) is 18.2 Å². The van der Waals surface area contributed by atoms with Crippen molar-refractivity contribution < 1.29 is 27.6 Å². The molecule has 0 amide bonds. The van der Waals surface area contributed by atoms with Crippen LogP contribution < -0.4 is 19.6 Å². The molecule has 0 bridgehead atoms. The zero-order valence-electron chi connectivity index (χ0n) is 18.3. The summed E-state index contributed by atoms with van der Waals surface area (Å²) >= 11 is 1.22. The molecular weight excluding hydrogens is 499 g/mol. The van der Waals surface area contributed by atoms with Crippen LogP contribution in [0.2, 0.25) is 0 Å². The van der Waals surface area contributed by atoms with Crippen LogP contribution in [0.25, 0.3) is 22.1 Å². The minimum atomic E-state index is -4.74. The zero-order chi connectivity index (χ0) is 25.6. The highest BCUT2D eigenvalue weighted by molar-refractivity contribution is 7.15. The van der Waals surface area contributed by atoms with Gasteiger partial charge in [-0.05, 0) is 48.0 Å². The standard InChI is InChI=1S/C24H14F3N3O5S/c1-34-20-10-13(11-21-22(31)29-16-5-3-2-4-15(16)28-23(29)36-21)6-8-19(20)35-18-9-7-14(24(25,26)27)12-17(18)30(32)33/h2-12H,1H3/b21-11-. The molecular formula is C24H14F3N3O5S. The summed E-state index contributed by atoms with van der Waals surface area (Å²) in [7, 11) is 1.34. The summed E-state index contributed by atoms with van der Waals surface area (Å²) in [6.07, 6.45) is -3.10. The predicted octanol–water partition coefficient (Wildman–Crippen LogP) is 5.18. The van der Waals surface area contributed by atoms with Crippen molar-refractivity contribution in [1.82, 2.24) is 9.38 Å². The number of hydrogen-bond donors (Lipinski definition) is 0.